The number of anilines is 1. The number of carbonyl (C=O) groups is 1. The van der Waals surface area contributed by atoms with Crippen LogP contribution in [0, 0.1) is 12.8 Å². The van der Waals surface area contributed by atoms with Crippen molar-refractivity contribution in [3.8, 4) is 0 Å². The van der Waals surface area contributed by atoms with Crippen LogP contribution in [-0.4, -0.2) is 38.3 Å². The smallest absolute Gasteiger partial charge is 0.251 e. The van der Waals surface area contributed by atoms with E-state index in [0.717, 1.165) is 18.4 Å². The number of amides is 1. The van der Waals surface area contributed by atoms with Gasteiger partial charge in [0.15, 0.2) is 0 Å². The van der Waals surface area contributed by atoms with Crippen LogP contribution in [0.1, 0.15) is 28.8 Å². The van der Waals surface area contributed by atoms with Gasteiger partial charge in [-0.3, -0.25) is 4.79 Å². The molecule has 3 N–H and O–H groups in total. The first-order valence-electron chi connectivity index (χ1n) is 9.07. The lowest BCUT2D eigenvalue weighted by Crippen LogP contribution is -2.41. The van der Waals surface area contributed by atoms with E-state index in [1.54, 1.807) is 42.5 Å². The van der Waals surface area contributed by atoms with Gasteiger partial charge in [-0.25, -0.2) is 8.42 Å². The fraction of sp³-hybridized carbons (Fsp3) is 0.350. The van der Waals surface area contributed by atoms with Crippen molar-refractivity contribution in [1.82, 2.24) is 9.62 Å². The molecule has 1 fully saturated rings. The summed E-state index contributed by atoms with van der Waals surface area (Å²) in [6.45, 7) is 3.34. The molecule has 1 amide bonds. The van der Waals surface area contributed by atoms with Crippen LogP contribution in [0.2, 0.25) is 0 Å². The molecule has 0 aliphatic carbocycles. The van der Waals surface area contributed by atoms with Gasteiger partial charge in [0.1, 0.15) is 0 Å². The van der Waals surface area contributed by atoms with E-state index in [9.17, 15) is 13.2 Å². The van der Waals surface area contributed by atoms with Crippen molar-refractivity contribution in [2.75, 3.05) is 25.4 Å². The molecule has 2 aromatic rings. The van der Waals surface area contributed by atoms with Crippen LogP contribution in [0.4, 0.5) is 5.69 Å². The predicted octanol–water partition coefficient (Wildman–Crippen LogP) is 2.83. The number of aryl methyl sites for hydroxylation is 1. The lowest BCUT2D eigenvalue weighted by Gasteiger charge is -2.31. The van der Waals surface area contributed by atoms with Crippen molar-refractivity contribution in [1.29, 1.82) is 0 Å². The molecule has 3 rings (SSSR count). The average molecular weight is 424 g/mol. The molecule has 28 heavy (non-hydrogen) atoms. The topological polar surface area (TPSA) is 92.5 Å². The summed E-state index contributed by atoms with van der Waals surface area (Å²) >= 11 is 0. The summed E-state index contributed by atoms with van der Waals surface area (Å²) in [7, 11) is -3.44. The Labute approximate surface area is 172 Å². The molecule has 0 saturated carbocycles. The molecule has 0 aromatic heterocycles. The molecule has 1 saturated heterocycles. The highest BCUT2D eigenvalue weighted by atomic mass is 35.5. The van der Waals surface area contributed by atoms with Gasteiger partial charge in [0, 0.05) is 30.9 Å². The van der Waals surface area contributed by atoms with Gasteiger partial charge in [-0.1, -0.05) is 24.3 Å². The highest BCUT2D eigenvalue weighted by Crippen LogP contribution is 2.23. The summed E-state index contributed by atoms with van der Waals surface area (Å²) in [5.74, 6) is 0.122. The fourth-order valence-electron chi connectivity index (χ4n) is 3.31. The van der Waals surface area contributed by atoms with Crippen LogP contribution in [0.15, 0.2) is 53.4 Å². The predicted molar refractivity (Wildman–Crippen MR) is 113 cm³/mol. The van der Waals surface area contributed by atoms with Crippen molar-refractivity contribution in [2.24, 2.45) is 5.92 Å². The molecule has 1 heterocycles. The zero-order valence-corrected chi connectivity index (χ0v) is 17.4. The van der Waals surface area contributed by atoms with E-state index in [1.165, 1.54) is 4.31 Å². The number of nitrogen functional groups attached to an aromatic ring is 1. The third kappa shape index (κ3) is 5.04. The number of piperidine rings is 1. The second kappa shape index (κ2) is 9.41. The van der Waals surface area contributed by atoms with Crippen molar-refractivity contribution in [3.63, 3.8) is 0 Å². The van der Waals surface area contributed by atoms with Gasteiger partial charge >= 0.3 is 0 Å². The SMILES string of the molecule is Cc1ccc(N)cc1C(=O)NCC1CCN(S(=O)(=O)c2ccccc2)CC1.Cl. The van der Waals surface area contributed by atoms with E-state index in [1.807, 2.05) is 13.0 Å². The number of halogens is 1. The summed E-state index contributed by atoms with van der Waals surface area (Å²) in [5, 5.41) is 2.96. The number of benzene rings is 2. The van der Waals surface area contributed by atoms with Gasteiger partial charge in [-0.05, 0) is 55.5 Å². The highest BCUT2D eigenvalue weighted by molar-refractivity contribution is 7.89. The van der Waals surface area contributed by atoms with E-state index < -0.39 is 10.0 Å². The molecule has 0 spiro atoms. The maximum absolute atomic E-state index is 12.7. The molecule has 8 heteroatoms. The van der Waals surface area contributed by atoms with Crippen LogP contribution in [0.3, 0.4) is 0 Å². The molecule has 6 nitrogen and oxygen atoms in total. The Kier molecular flexibility index (Phi) is 7.46. The van der Waals surface area contributed by atoms with Gasteiger partial charge < -0.3 is 11.1 Å². The minimum atomic E-state index is -3.44. The van der Waals surface area contributed by atoms with Crippen molar-refractivity contribution >= 4 is 34.0 Å². The van der Waals surface area contributed by atoms with Gasteiger partial charge in [0.25, 0.3) is 5.91 Å². The van der Waals surface area contributed by atoms with Crippen molar-refractivity contribution in [2.45, 2.75) is 24.7 Å². The number of nitrogens with zero attached hydrogens (tertiary/aromatic N) is 1. The molecular weight excluding hydrogens is 398 g/mol. The molecule has 0 unspecified atom stereocenters. The summed E-state index contributed by atoms with van der Waals surface area (Å²) < 4.78 is 26.8. The highest BCUT2D eigenvalue weighted by Gasteiger charge is 2.29. The van der Waals surface area contributed by atoms with E-state index in [4.69, 9.17) is 5.73 Å². The minimum Gasteiger partial charge on any atom is -0.399 e. The number of hydrogen-bond donors (Lipinski definition) is 2. The Morgan fingerprint density at radius 3 is 2.43 bits per heavy atom. The summed E-state index contributed by atoms with van der Waals surface area (Å²) in [6, 6.07) is 13.8. The van der Waals surface area contributed by atoms with Crippen LogP contribution in [0.5, 0.6) is 0 Å². The maximum atomic E-state index is 12.7. The zero-order chi connectivity index (χ0) is 19.4. The monoisotopic (exact) mass is 423 g/mol. The Morgan fingerprint density at radius 1 is 1.14 bits per heavy atom. The zero-order valence-electron chi connectivity index (χ0n) is 15.8. The first-order chi connectivity index (χ1) is 12.9. The van der Waals surface area contributed by atoms with E-state index in [-0.39, 0.29) is 24.2 Å². The quantitative estimate of drug-likeness (QED) is 0.723. The Hall–Kier alpha value is -2.09. The maximum Gasteiger partial charge on any atom is 0.251 e. The lowest BCUT2D eigenvalue weighted by atomic mass is 9.98. The third-order valence-corrected chi connectivity index (χ3v) is 6.92. The van der Waals surface area contributed by atoms with Crippen molar-refractivity contribution < 1.29 is 13.2 Å². The van der Waals surface area contributed by atoms with Gasteiger partial charge in [0.05, 0.1) is 4.90 Å². The molecular formula is C20H26ClN3O3S. The third-order valence-electron chi connectivity index (χ3n) is 5.01. The second-order valence-corrected chi connectivity index (χ2v) is 8.88. The normalized spacial score (nSPS) is 15.6. The number of sulfonamides is 1. The van der Waals surface area contributed by atoms with Crippen molar-refractivity contribution in [3.05, 3.63) is 59.7 Å². The second-order valence-electron chi connectivity index (χ2n) is 6.94. The number of nitrogens with one attached hydrogen (secondary N) is 1. The van der Waals surface area contributed by atoms with E-state index >= 15 is 0 Å². The number of carbonyl (C=O) groups excluding carboxylic acids is 1. The Bertz CT molecular complexity index is 912. The lowest BCUT2D eigenvalue weighted by molar-refractivity contribution is 0.0941. The fourth-order valence-corrected chi connectivity index (χ4v) is 4.80. The van der Waals surface area contributed by atoms with Gasteiger partial charge in [-0.2, -0.15) is 4.31 Å². The molecule has 0 atom stereocenters. The summed E-state index contributed by atoms with van der Waals surface area (Å²) in [4.78, 5) is 12.7. The molecule has 2 aromatic carbocycles. The minimum absolute atomic E-state index is 0. The van der Waals surface area contributed by atoms with Gasteiger partial charge in [-0.15, -0.1) is 12.4 Å². The molecule has 152 valence electrons. The molecule has 1 aliphatic heterocycles. The molecule has 0 radical (unpaired) electrons. The molecule has 0 bridgehead atoms. The Balaban J connectivity index is 0.00000280. The number of rotatable bonds is 5. The average Bonchev–Trinajstić information content (AvgIpc) is 2.69. The number of nitrogens with two attached hydrogens (primary N) is 1. The van der Waals surface area contributed by atoms with Crippen LogP contribution < -0.4 is 11.1 Å². The Morgan fingerprint density at radius 2 is 1.79 bits per heavy atom. The number of hydrogen-bond acceptors (Lipinski definition) is 4. The summed E-state index contributed by atoms with van der Waals surface area (Å²) in [6.07, 6.45) is 1.45. The van der Waals surface area contributed by atoms with Crippen LogP contribution >= 0.6 is 12.4 Å². The standard InChI is InChI=1S/C20H25N3O3S.ClH/c1-15-7-8-17(21)13-19(15)20(24)22-14-16-9-11-23(12-10-16)27(25,26)18-5-3-2-4-6-18;/h2-8,13,16H,9-12,14,21H2,1H3,(H,22,24);1H. The first kappa shape index (κ1) is 22.2. The van der Waals surface area contributed by atoms with Gasteiger partial charge in [0.2, 0.25) is 10.0 Å². The van der Waals surface area contributed by atoms with Crippen LogP contribution in [0.25, 0.3) is 0 Å². The van der Waals surface area contributed by atoms with E-state index in [2.05, 4.69) is 5.32 Å². The summed E-state index contributed by atoms with van der Waals surface area (Å²) in [5.41, 5.74) is 7.79. The largest absolute Gasteiger partial charge is 0.399 e. The first-order valence-corrected chi connectivity index (χ1v) is 10.5. The van der Waals surface area contributed by atoms with E-state index in [0.29, 0.717) is 35.8 Å². The van der Waals surface area contributed by atoms with Crippen LogP contribution in [-0.2, 0) is 10.0 Å². The molecule has 1 aliphatic rings.